The van der Waals surface area contributed by atoms with Crippen LogP contribution in [-0.2, 0) is 0 Å². The third kappa shape index (κ3) is 2.98. The molecule has 4 nitrogen and oxygen atoms in total. The predicted molar refractivity (Wildman–Crippen MR) is 91.2 cm³/mol. The molecule has 0 unspecified atom stereocenters. The predicted octanol–water partition coefficient (Wildman–Crippen LogP) is 5.32. The minimum Gasteiger partial charge on any atom is -0.492 e. The van der Waals surface area contributed by atoms with Gasteiger partial charge in [0.15, 0.2) is 0 Å². The molecule has 0 aliphatic carbocycles. The minimum absolute atomic E-state index is 0.0702. The molecule has 0 bridgehead atoms. The molecule has 2 aromatic carbocycles. The highest BCUT2D eigenvalue weighted by molar-refractivity contribution is 6.42. The second kappa shape index (κ2) is 6.43. The average Bonchev–Trinajstić information content (AvgIpc) is 2.51. The SMILES string of the molecule is Oc1nnc(O)c(-c2c(Cl)cc(Cl)cc2Cl)c1-c1ccc(F)cc1. The van der Waals surface area contributed by atoms with Crippen molar-refractivity contribution in [2.45, 2.75) is 0 Å². The van der Waals surface area contributed by atoms with Gasteiger partial charge in [-0.2, -0.15) is 0 Å². The monoisotopic (exact) mass is 384 g/mol. The number of halogens is 4. The summed E-state index contributed by atoms with van der Waals surface area (Å²) in [4.78, 5) is 0. The van der Waals surface area contributed by atoms with Crippen LogP contribution in [0.25, 0.3) is 22.3 Å². The summed E-state index contributed by atoms with van der Waals surface area (Å²) in [5.74, 6) is -1.40. The summed E-state index contributed by atoms with van der Waals surface area (Å²) in [6.45, 7) is 0. The Morgan fingerprint density at radius 1 is 0.750 bits per heavy atom. The smallest absolute Gasteiger partial charge is 0.239 e. The van der Waals surface area contributed by atoms with Crippen LogP contribution in [0.4, 0.5) is 4.39 Å². The Hall–Kier alpha value is -2.08. The molecule has 0 saturated heterocycles. The van der Waals surface area contributed by atoms with Gasteiger partial charge in [0.1, 0.15) is 5.82 Å². The quantitative estimate of drug-likeness (QED) is 0.626. The van der Waals surface area contributed by atoms with Gasteiger partial charge in [0.2, 0.25) is 11.8 Å². The summed E-state index contributed by atoms with van der Waals surface area (Å²) in [5.41, 5.74) is 0.815. The molecule has 2 N–H and O–H groups in total. The van der Waals surface area contributed by atoms with Gasteiger partial charge in [0.25, 0.3) is 0 Å². The first-order valence-electron chi connectivity index (χ1n) is 6.58. The van der Waals surface area contributed by atoms with Crippen LogP contribution in [0, 0.1) is 5.82 Å². The third-order valence-electron chi connectivity index (χ3n) is 3.33. The summed E-state index contributed by atoms with van der Waals surface area (Å²) >= 11 is 18.3. The van der Waals surface area contributed by atoms with Crippen LogP contribution < -0.4 is 0 Å². The van der Waals surface area contributed by atoms with Gasteiger partial charge >= 0.3 is 0 Å². The summed E-state index contributed by atoms with van der Waals surface area (Å²) in [6, 6.07) is 8.15. The first kappa shape index (κ1) is 16.8. The Kier molecular flexibility index (Phi) is 4.49. The van der Waals surface area contributed by atoms with Crippen molar-refractivity contribution in [1.82, 2.24) is 10.2 Å². The molecule has 1 heterocycles. The first-order chi connectivity index (χ1) is 11.4. The van der Waals surface area contributed by atoms with Crippen molar-refractivity contribution in [1.29, 1.82) is 0 Å². The van der Waals surface area contributed by atoms with E-state index in [1.807, 2.05) is 0 Å². The Morgan fingerprint density at radius 2 is 1.25 bits per heavy atom. The zero-order valence-corrected chi connectivity index (χ0v) is 14.0. The zero-order valence-electron chi connectivity index (χ0n) is 11.8. The van der Waals surface area contributed by atoms with Crippen LogP contribution in [0.15, 0.2) is 36.4 Å². The number of aromatic nitrogens is 2. The molecule has 0 amide bonds. The normalized spacial score (nSPS) is 10.8. The molecule has 0 saturated carbocycles. The fourth-order valence-corrected chi connectivity index (χ4v) is 3.33. The molecule has 0 fully saturated rings. The Balaban J connectivity index is 2.37. The molecule has 0 aliphatic rings. The van der Waals surface area contributed by atoms with Crippen molar-refractivity contribution in [2.24, 2.45) is 0 Å². The number of hydrogen-bond acceptors (Lipinski definition) is 4. The van der Waals surface area contributed by atoms with E-state index in [1.54, 1.807) is 0 Å². The summed E-state index contributed by atoms with van der Waals surface area (Å²) < 4.78 is 13.2. The molecule has 0 aliphatic heterocycles. The van der Waals surface area contributed by atoms with E-state index in [0.717, 1.165) is 0 Å². The van der Waals surface area contributed by atoms with E-state index in [9.17, 15) is 14.6 Å². The van der Waals surface area contributed by atoms with Crippen molar-refractivity contribution in [2.75, 3.05) is 0 Å². The van der Waals surface area contributed by atoms with E-state index >= 15 is 0 Å². The van der Waals surface area contributed by atoms with Crippen molar-refractivity contribution >= 4 is 34.8 Å². The Labute approximate surface area is 151 Å². The molecular formula is C16H8Cl3FN2O2. The fourth-order valence-electron chi connectivity index (χ4n) is 2.33. The van der Waals surface area contributed by atoms with Gasteiger partial charge in [0.05, 0.1) is 21.2 Å². The highest BCUT2D eigenvalue weighted by Gasteiger charge is 2.23. The largest absolute Gasteiger partial charge is 0.492 e. The van der Waals surface area contributed by atoms with Gasteiger partial charge < -0.3 is 10.2 Å². The molecular weight excluding hydrogens is 378 g/mol. The zero-order chi connectivity index (χ0) is 17.4. The highest BCUT2D eigenvalue weighted by Crippen LogP contribution is 2.47. The van der Waals surface area contributed by atoms with E-state index in [2.05, 4.69) is 10.2 Å². The maximum atomic E-state index is 13.2. The molecule has 1 aromatic heterocycles. The van der Waals surface area contributed by atoms with E-state index < -0.39 is 17.6 Å². The van der Waals surface area contributed by atoms with Gasteiger partial charge in [-0.3, -0.25) is 0 Å². The van der Waals surface area contributed by atoms with E-state index in [1.165, 1.54) is 36.4 Å². The van der Waals surface area contributed by atoms with Crippen molar-refractivity contribution in [3.8, 4) is 34.0 Å². The Morgan fingerprint density at radius 3 is 1.79 bits per heavy atom. The fraction of sp³-hybridized carbons (Fsp3) is 0. The van der Waals surface area contributed by atoms with Gasteiger partial charge in [0, 0.05) is 10.6 Å². The topological polar surface area (TPSA) is 66.2 Å². The van der Waals surface area contributed by atoms with Crippen molar-refractivity contribution < 1.29 is 14.6 Å². The highest BCUT2D eigenvalue weighted by atomic mass is 35.5. The summed E-state index contributed by atoms with van der Waals surface area (Å²) in [6.07, 6.45) is 0. The maximum Gasteiger partial charge on any atom is 0.239 e. The molecule has 3 aromatic rings. The lowest BCUT2D eigenvalue weighted by molar-refractivity contribution is 0.418. The van der Waals surface area contributed by atoms with Crippen LogP contribution in [0.3, 0.4) is 0 Å². The number of rotatable bonds is 2. The van der Waals surface area contributed by atoms with Crippen LogP contribution in [0.2, 0.25) is 15.1 Å². The maximum absolute atomic E-state index is 13.2. The first-order valence-corrected chi connectivity index (χ1v) is 7.71. The van der Waals surface area contributed by atoms with Crippen molar-refractivity contribution in [3.63, 3.8) is 0 Å². The van der Waals surface area contributed by atoms with E-state index in [0.29, 0.717) is 10.6 Å². The number of nitrogens with zero attached hydrogens (tertiary/aromatic N) is 2. The van der Waals surface area contributed by atoms with Crippen LogP contribution in [0.1, 0.15) is 0 Å². The minimum atomic E-state index is -0.488. The summed E-state index contributed by atoms with van der Waals surface area (Å²) in [5, 5.41) is 27.9. The molecule has 24 heavy (non-hydrogen) atoms. The van der Waals surface area contributed by atoms with Gasteiger partial charge in [-0.05, 0) is 29.8 Å². The van der Waals surface area contributed by atoms with Gasteiger partial charge in [-0.15, -0.1) is 10.2 Å². The number of hydrogen-bond donors (Lipinski definition) is 2. The third-order valence-corrected chi connectivity index (χ3v) is 4.14. The average molecular weight is 386 g/mol. The van der Waals surface area contributed by atoms with Gasteiger partial charge in [-0.25, -0.2) is 4.39 Å². The van der Waals surface area contributed by atoms with E-state index in [-0.39, 0.29) is 26.7 Å². The molecule has 0 radical (unpaired) electrons. The molecule has 0 spiro atoms. The van der Waals surface area contributed by atoms with Crippen LogP contribution >= 0.6 is 34.8 Å². The molecule has 3 rings (SSSR count). The standard InChI is InChI=1S/C16H8Cl3FN2O2/c17-8-5-10(18)13(11(19)6-8)14-12(15(23)21-22-16(14)24)7-1-3-9(20)4-2-7/h1-6H,(H,21,23)(H,22,24). The molecule has 8 heteroatoms. The second-order valence-electron chi connectivity index (χ2n) is 4.85. The lowest BCUT2D eigenvalue weighted by Crippen LogP contribution is -1.95. The Bertz CT molecular complexity index is 910. The lowest BCUT2D eigenvalue weighted by Gasteiger charge is -2.15. The van der Waals surface area contributed by atoms with Gasteiger partial charge in [-0.1, -0.05) is 46.9 Å². The van der Waals surface area contributed by atoms with Crippen molar-refractivity contribution in [3.05, 3.63) is 57.3 Å². The lowest BCUT2D eigenvalue weighted by atomic mass is 9.96. The van der Waals surface area contributed by atoms with Crippen LogP contribution in [0.5, 0.6) is 11.8 Å². The number of aromatic hydroxyl groups is 2. The molecule has 0 atom stereocenters. The second-order valence-corrected chi connectivity index (χ2v) is 6.10. The number of benzene rings is 2. The molecule has 122 valence electrons. The van der Waals surface area contributed by atoms with Crippen LogP contribution in [-0.4, -0.2) is 20.4 Å². The summed E-state index contributed by atoms with van der Waals surface area (Å²) in [7, 11) is 0. The van der Waals surface area contributed by atoms with E-state index in [4.69, 9.17) is 34.8 Å².